The standard InChI is InChI=1S/C11H6ClFN2O2/c12-8-3-6(1-2-9(8)13)10-14-4-7(5-15-10)11(16)17/h1-5H,(H,16,17). The third-order valence-electron chi connectivity index (χ3n) is 2.08. The van der Waals surface area contributed by atoms with Gasteiger partial charge in [0.05, 0.1) is 10.6 Å². The number of nitrogens with zero attached hydrogens (tertiary/aromatic N) is 2. The Morgan fingerprint density at radius 2 is 1.94 bits per heavy atom. The molecule has 1 aromatic heterocycles. The highest BCUT2D eigenvalue weighted by Gasteiger charge is 2.07. The zero-order valence-electron chi connectivity index (χ0n) is 8.39. The molecule has 0 fully saturated rings. The van der Waals surface area contributed by atoms with E-state index in [9.17, 15) is 9.18 Å². The Morgan fingerprint density at radius 3 is 2.47 bits per heavy atom. The minimum Gasteiger partial charge on any atom is -0.478 e. The molecule has 0 amide bonds. The summed E-state index contributed by atoms with van der Waals surface area (Å²) >= 11 is 5.62. The third-order valence-corrected chi connectivity index (χ3v) is 2.37. The van der Waals surface area contributed by atoms with Gasteiger partial charge in [-0.2, -0.15) is 0 Å². The summed E-state index contributed by atoms with van der Waals surface area (Å²) in [4.78, 5) is 18.3. The zero-order chi connectivity index (χ0) is 12.4. The van der Waals surface area contributed by atoms with Crippen molar-refractivity contribution in [2.75, 3.05) is 0 Å². The van der Waals surface area contributed by atoms with E-state index in [1.165, 1.54) is 30.6 Å². The predicted molar refractivity (Wildman–Crippen MR) is 59.4 cm³/mol. The highest BCUT2D eigenvalue weighted by atomic mass is 35.5. The van der Waals surface area contributed by atoms with Crippen molar-refractivity contribution in [2.24, 2.45) is 0 Å². The van der Waals surface area contributed by atoms with Gasteiger partial charge >= 0.3 is 5.97 Å². The van der Waals surface area contributed by atoms with Gasteiger partial charge in [0.1, 0.15) is 5.82 Å². The fraction of sp³-hybridized carbons (Fsp3) is 0. The number of carboxylic acid groups (broad SMARTS) is 1. The summed E-state index contributed by atoms with van der Waals surface area (Å²) in [7, 11) is 0. The van der Waals surface area contributed by atoms with Crippen molar-refractivity contribution in [3.8, 4) is 11.4 Å². The maximum atomic E-state index is 12.9. The Hall–Kier alpha value is -2.01. The van der Waals surface area contributed by atoms with E-state index in [4.69, 9.17) is 16.7 Å². The van der Waals surface area contributed by atoms with Crippen molar-refractivity contribution in [2.45, 2.75) is 0 Å². The fourth-order valence-corrected chi connectivity index (χ4v) is 1.40. The first-order valence-electron chi connectivity index (χ1n) is 4.58. The Kier molecular flexibility index (Phi) is 3.01. The van der Waals surface area contributed by atoms with Crippen LogP contribution in [0.15, 0.2) is 30.6 Å². The molecule has 17 heavy (non-hydrogen) atoms. The van der Waals surface area contributed by atoms with E-state index in [1.807, 2.05) is 0 Å². The van der Waals surface area contributed by atoms with Crippen molar-refractivity contribution in [3.05, 3.63) is 47.0 Å². The molecule has 86 valence electrons. The van der Waals surface area contributed by atoms with E-state index in [-0.39, 0.29) is 16.4 Å². The molecule has 0 aliphatic heterocycles. The molecule has 0 unspecified atom stereocenters. The first kappa shape index (κ1) is 11.5. The smallest absolute Gasteiger partial charge is 0.338 e. The second-order valence-corrected chi connectivity index (χ2v) is 3.64. The molecule has 1 heterocycles. The Morgan fingerprint density at radius 1 is 1.29 bits per heavy atom. The topological polar surface area (TPSA) is 63.1 Å². The summed E-state index contributed by atoms with van der Waals surface area (Å²) in [5.74, 6) is -1.34. The predicted octanol–water partition coefficient (Wildman–Crippen LogP) is 2.63. The first-order chi connectivity index (χ1) is 8.08. The minimum atomic E-state index is -1.10. The average molecular weight is 253 g/mol. The van der Waals surface area contributed by atoms with Crippen molar-refractivity contribution in [1.82, 2.24) is 9.97 Å². The van der Waals surface area contributed by atoms with Gasteiger partial charge in [-0.3, -0.25) is 0 Å². The quantitative estimate of drug-likeness (QED) is 0.892. The monoisotopic (exact) mass is 252 g/mol. The second kappa shape index (κ2) is 4.47. The number of carboxylic acids is 1. The normalized spacial score (nSPS) is 10.2. The van der Waals surface area contributed by atoms with Gasteiger partial charge in [0.25, 0.3) is 0 Å². The van der Waals surface area contributed by atoms with Gasteiger partial charge in [-0.25, -0.2) is 19.2 Å². The molecule has 2 rings (SSSR count). The van der Waals surface area contributed by atoms with Crippen molar-refractivity contribution >= 4 is 17.6 Å². The van der Waals surface area contributed by atoms with Gasteiger partial charge in [-0.15, -0.1) is 0 Å². The molecule has 0 aliphatic rings. The number of hydrogen-bond acceptors (Lipinski definition) is 3. The fourth-order valence-electron chi connectivity index (χ4n) is 1.22. The number of hydrogen-bond donors (Lipinski definition) is 1. The van der Waals surface area contributed by atoms with Crippen molar-refractivity contribution in [1.29, 1.82) is 0 Å². The van der Waals surface area contributed by atoms with E-state index in [1.54, 1.807) is 0 Å². The van der Waals surface area contributed by atoms with Gasteiger partial charge < -0.3 is 5.11 Å². The van der Waals surface area contributed by atoms with Crippen molar-refractivity contribution < 1.29 is 14.3 Å². The summed E-state index contributed by atoms with van der Waals surface area (Å²) in [5, 5.41) is 8.64. The van der Waals surface area contributed by atoms with Crippen LogP contribution in [0.1, 0.15) is 10.4 Å². The van der Waals surface area contributed by atoms with E-state index in [0.717, 1.165) is 0 Å². The van der Waals surface area contributed by atoms with Crippen LogP contribution in [0.3, 0.4) is 0 Å². The summed E-state index contributed by atoms with van der Waals surface area (Å²) in [6.45, 7) is 0. The number of benzene rings is 1. The number of halogens is 2. The first-order valence-corrected chi connectivity index (χ1v) is 4.96. The summed E-state index contributed by atoms with van der Waals surface area (Å²) in [5.41, 5.74) is 0.510. The van der Waals surface area contributed by atoms with Crippen LogP contribution in [0.4, 0.5) is 4.39 Å². The lowest BCUT2D eigenvalue weighted by Gasteiger charge is -2.01. The molecule has 2 aromatic rings. The molecule has 4 nitrogen and oxygen atoms in total. The maximum absolute atomic E-state index is 12.9. The molecule has 0 saturated carbocycles. The lowest BCUT2D eigenvalue weighted by molar-refractivity contribution is 0.0696. The van der Waals surface area contributed by atoms with Crippen LogP contribution >= 0.6 is 11.6 Å². The molecule has 0 saturated heterocycles. The average Bonchev–Trinajstić information content (AvgIpc) is 2.33. The molecule has 0 radical (unpaired) electrons. The molecule has 0 spiro atoms. The van der Waals surface area contributed by atoms with Crippen LogP contribution in [0.5, 0.6) is 0 Å². The van der Waals surface area contributed by atoms with Crippen LogP contribution in [-0.4, -0.2) is 21.0 Å². The van der Waals surface area contributed by atoms with E-state index >= 15 is 0 Å². The van der Waals surface area contributed by atoms with Crippen LogP contribution in [0.2, 0.25) is 5.02 Å². The maximum Gasteiger partial charge on any atom is 0.338 e. The number of aromatic nitrogens is 2. The van der Waals surface area contributed by atoms with E-state index < -0.39 is 11.8 Å². The van der Waals surface area contributed by atoms with Gasteiger partial charge in [-0.05, 0) is 18.2 Å². The van der Waals surface area contributed by atoms with Gasteiger partial charge in [-0.1, -0.05) is 11.6 Å². The van der Waals surface area contributed by atoms with Crippen LogP contribution in [0.25, 0.3) is 11.4 Å². The van der Waals surface area contributed by atoms with Gasteiger partial charge in [0, 0.05) is 18.0 Å². The lowest BCUT2D eigenvalue weighted by Crippen LogP contribution is -1.99. The SMILES string of the molecule is O=C(O)c1cnc(-c2ccc(F)c(Cl)c2)nc1. The number of rotatable bonds is 2. The second-order valence-electron chi connectivity index (χ2n) is 3.23. The van der Waals surface area contributed by atoms with Crippen molar-refractivity contribution in [3.63, 3.8) is 0 Å². The van der Waals surface area contributed by atoms with Gasteiger partial charge in [0.15, 0.2) is 5.82 Å². The Labute approximate surface area is 101 Å². The van der Waals surface area contributed by atoms with Gasteiger partial charge in [0.2, 0.25) is 0 Å². The zero-order valence-corrected chi connectivity index (χ0v) is 9.15. The summed E-state index contributed by atoms with van der Waals surface area (Å²) in [6.07, 6.45) is 2.36. The largest absolute Gasteiger partial charge is 0.478 e. The van der Waals surface area contributed by atoms with E-state index in [0.29, 0.717) is 5.56 Å². The Balaban J connectivity index is 2.39. The van der Waals surface area contributed by atoms with Crippen LogP contribution in [0, 0.1) is 5.82 Å². The molecular weight excluding hydrogens is 247 g/mol. The van der Waals surface area contributed by atoms with Crippen LogP contribution in [-0.2, 0) is 0 Å². The Bertz CT molecular complexity index is 572. The summed E-state index contributed by atoms with van der Waals surface area (Å²) < 4.78 is 12.9. The molecule has 0 atom stereocenters. The molecular formula is C11H6ClFN2O2. The molecule has 1 N–H and O–H groups in total. The highest BCUT2D eigenvalue weighted by molar-refractivity contribution is 6.31. The lowest BCUT2D eigenvalue weighted by atomic mass is 10.2. The third kappa shape index (κ3) is 2.39. The molecule has 1 aromatic carbocycles. The minimum absolute atomic E-state index is 0.0121. The number of aromatic carboxylic acids is 1. The molecule has 0 bridgehead atoms. The van der Waals surface area contributed by atoms with Crippen LogP contribution < -0.4 is 0 Å². The molecule has 0 aliphatic carbocycles. The molecule has 6 heteroatoms. The number of carbonyl (C=O) groups is 1. The van der Waals surface area contributed by atoms with E-state index in [2.05, 4.69) is 9.97 Å². The summed E-state index contributed by atoms with van der Waals surface area (Å²) in [6, 6.07) is 4.05. The highest BCUT2D eigenvalue weighted by Crippen LogP contribution is 2.21.